The number of halogens is 4. The van der Waals surface area contributed by atoms with E-state index in [9.17, 15) is 35.9 Å². The standard InChI is InChI=1S/C23H25F4N3O4S/c1-13(31)29-18-9-15(24)5-6-17(18)21(2,3)12-22(32,23(25,26)27)10-16-7-14-8-20(35(4,33)34)28-11-19(14)30-16/h5-9,11,30,32H,10,12H2,1-4H3,(H,29,31)/t22-/m0/s1. The van der Waals surface area contributed by atoms with Crippen molar-refractivity contribution in [3.63, 3.8) is 0 Å². The third-order valence-electron chi connectivity index (χ3n) is 5.68. The highest BCUT2D eigenvalue weighted by molar-refractivity contribution is 7.90. The monoisotopic (exact) mass is 515 g/mol. The van der Waals surface area contributed by atoms with Crippen LogP contribution in [0.3, 0.4) is 0 Å². The summed E-state index contributed by atoms with van der Waals surface area (Å²) in [7, 11) is -3.62. The van der Waals surface area contributed by atoms with E-state index in [2.05, 4.69) is 15.3 Å². The number of H-pyrrole nitrogens is 1. The number of aliphatic hydroxyl groups is 1. The molecule has 3 N–H and O–H groups in total. The molecule has 0 fully saturated rings. The summed E-state index contributed by atoms with van der Waals surface area (Å²) in [6, 6.07) is 5.92. The Bertz CT molecular complexity index is 1380. The van der Waals surface area contributed by atoms with Crippen LogP contribution in [0.1, 0.15) is 38.4 Å². The Labute approximate surface area is 199 Å². The van der Waals surface area contributed by atoms with Crippen LogP contribution in [-0.4, -0.2) is 47.4 Å². The van der Waals surface area contributed by atoms with Crippen molar-refractivity contribution in [2.75, 3.05) is 11.6 Å². The predicted octanol–water partition coefficient (Wildman–Crippen LogP) is 4.27. The van der Waals surface area contributed by atoms with Crippen LogP contribution in [0.15, 0.2) is 41.6 Å². The second kappa shape index (κ2) is 8.90. The molecule has 3 aromatic rings. The van der Waals surface area contributed by atoms with Crippen LogP contribution >= 0.6 is 0 Å². The molecular formula is C23H25F4N3O4S. The van der Waals surface area contributed by atoms with E-state index in [1.165, 1.54) is 45.2 Å². The van der Waals surface area contributed by atoms with E-state index in [0.717, 1.165) is 18.4 Å². The number of alkyl halides is 3. The number of carbonyl (C=O) groups excluding carboxylic acids is 1. The van der Waals surface area contributed by atoms with Gasteiger partial charge in [0, 0.05) is 36.4 Å². The van der Waals surface area contributed by atoms with Crippen molar-refractivity contribution >= 4 is 32.3 Å². The number of amides is 1. The van der Waals surface area contributed by atoms with Crippen LogP contribution < -0.4 is 5.32 Å². The first-order valence-corrected chi connectivity index (χ1v) is 12.3. The quantitative estimate of drug-likeness (QED) is 0.407. The molecule has 0 aliphatic rings. The van der Waals surface area contributed by atoms with Crippen molar-refractivity contribution in [2.24, 2.45) is 0 Å². The van der Waals surface area contributed by atoms with Gasteiger partial charge in [0.25, 0.3) is 0 Å². The van der Waals surface area contributed by atoms with Gasteiger partial charge in [0.1, 0.15) is 5.82 Å². The number of aromatic nitrogens is 2. The molecule has 2 aromatic heterocycles. The van der Waals surface area contributed by atoms with E-state index in [0.29, 0.717) is 10.9 Å². The number of sulfone groups is 1. The lowest BCUT2D eigenvalue weighted by Gasteiger charge is -2.38. The lowest BCUT2D eigenvalue weighted by atomic mass is 9.73. The molecule has 2 heterocycles. The molecule has 0 aliphatic heterocycles. The minimum absolute atomic E-state index is 0.0111. The first-order chi connectivity index (χ1) is 15.9. The number of benzene rings is 1. The molecule has 0 bridgehead atoms. The third-order valence-corrected chi connectivity index (χ3v) is 6.67. The Balaban J connectivity index is 2.01. The van der Waals surface area contributed by atoms with Gasteiger partial charge in [-0.3, -0.25) is 4.79 Å². The second-order valence-electron chi connectivity index (χ2n) is 9.31. The Morgan fingerprint density at radius 2 is 1.83 bits per heavy atom. The number of aromatic amines is 1. The summed E-state index contributed by atoms with van der Waals surface area (Å²) < 4.78 is 79.9. The van der Waals surface area contributed by atoms with Crippen LogP contribution in [0.4, 0.5) is 23.2 Å². The smallest absolute Gasteiger partial charge is 0.380 e. The summed E-state index contributed by atoms with van der Waals surface area (Å²) in [6.07, 6.45) is -4.57. The number of carbonyl (C=O) groups is 1. The number of rotatable bonds is 7. The number of anilines is 1. The van der Waals surface area contributed by atoms with E-state index >= 15 is 0 Å². The van der Waals surface area contributed by atoms with E-state index in [4.69, 9.17) is 0 Å². The Morgan fingerprint density at radius 3 is 2.40 bits per heavy atom. The van der Waals surface area contributed by atoms with Crippen molar-refractivity contribution in [3.05, 3.63) is 53.6 Å². The zero-order chi connectivity index (χ0) is 26.4. The van der Waals surface area contributed by atoms with Crippen LogP contribution in [0.5, 0.6) is 0 Å². The molecule has 0 saturated carbocycles. The van der Waals surface area contributed by atoms with Crippen LogP contribution in [0.2, 0.25) is 0 Å². The Morgan fingerprint density at radius 1 is 1.17 bits per heavy atom. The maximum atomic E-state index is 14.2. The van der Waals surface area contributed by atoms with Gasteiger partial charge in [-0.25, -0.2) is 17.8 Å². The van der Waals surface area contributed by atoms with Crippen molar-refractivity contribution < 1.29 is 35.9 Å². The summed E-state index contributed by atoms with van der Waals surface area (Å²) in [4.78, 5) is 18.1. The van der Waals surface area contributed by atoms with E-state index < -0.39 is 51.6 Å². The van der Waals surface area contributed by atoms with Crippen molar-refractivity contribution in [2.45, 2.75) is 55.8 Å². The summed E-state index contributed by atoms with van der Waals surface area (Å²) in [5.41, 5.74) is -4.02. The summed E-state index contributed by atoms with van der Waals surface area (Å²) in [6.45, 7) is 4.10. The molecule has 0 radical (unpaired) electrons. The molecule has 0 aliphatic carbocycles. The first kappa shape index (κ1) is 26.6. The average molecular weight is 516 g/mol. The van der Waals surface area contributed by atoms with Gasteiger partial charge in [-0.2, -0.15) is 13.2 Å². The zero-order valence-corrected chi connectivity index (χ0v) is 20.2. The highest BCUT2D eigenvalue weighted by Gasteiger charge is 2.56. The number of nitrogens with zero attached hydrogens (tertiary/aromatic N) is 1. The Hall–Kier alpha value is -2.99. The molecule has 3 rings (SSSR count). The van der Waals surface area contributed by atoms with Crippen molar-refractivity contribution in [1.29, 1.82) is 0 Å². The van der Waals surface area contributed by atoms with E-state index in [-0.39, 0.29) is 22.0 Å². The van der Waals surface area contributed by atoms with Gasteiger partial charge < -0.3 is 15.4 Å². The molecular weight excluding hydrogens is 490 g/mol. The van der Waals surface area contributed by atoms with Crippen molar-refractivity contribution in [1.82, 2.24) is 9.97 Å². The highest BCUT2D eigenvalue weighted by Crippen LogP contribution is 2.44. The van der Waals surface area contributed by atoms with Gasteiger partial charge in [0.2, 0.25) is 5.91 Å². The van der Waals surface area contributed by atoms with E-state index in [1.54, 1.807) is 0 Å². The largest absolute Gasteiger partial charge is 0.417 e. The minimum atomic E-state index is -5.05. The molecule has 1 atom stereocenters. The number of fused-ring (bicyclic) bond motifs is 1. The van der Waals surface area contributed by atoms with Gasteiger partial charge in [0.05, 0.1) is 11.7 Å². The number of hydrogen-bond donors (Lipinski definition) is 3. The molecule has 1 amide bonds. The van der Waals surface area contributed by atoms with Gasteiger partial charge in [-0.1, -0.05) is 19.9 Å². The van der Waals surface area contributed by atoms with Gasteiger partial charge in [0.15, 0.2) is 20.5 Å². The molecule has 0 unspecified atom stereocenters. The van der Waals surface area contributed by atoms with E-state index in [1.807, 2.05) is 0 Å². The van der Waals surface area contributed by atoms with Crippen LogP contribution in [-0.2, 0) is 26.5 Å². The Kier molecular flexibility index (Phi) is 6.77. The first-order valence-electron chi connectivity index (χ1n) is 10.5. The van der Waals surface area contributed by atoms with Gasteiger partial charge >= 0.3 is 6.18 Å². The molecule has 190 valence electrons. The fraction of sp³-hybridized carbons (Fsp3) is 0.391. The van der Waals surface area contributed by atoms with Crippen LogP contribution in [0.25, 0.3) is 10.9 Å². The SMILES string of the molecule is CC(=O)Nc1cc(F)ccc1C(C)(C)C[C@@](O)(Cc1cc2cc(S(C)(=O)=O)ncc2[nH]1)C(F)(F)F. The molecule has 0 spiro atoms. The fourth-order valence-electron chi connectivity index (χ4n) is 4.17. The average Bonchev–Trinajstić information content (AvgIpc) is 3.06. The molecule has 35 heavy (non-hydrogen) atoms. The lowest BCUT2D eigenvalue weighted by Crippen LogP contribution is -2.51. The minimum Gasteiger partial charge on any atom is -0.380 e. The number of nitrogens with one attached hydrogen (secondary N) is 2. The highest BCUT2D eigenvalue weighted by atomic mass is 32.2. The van der Waals surface area contributed by atoms with Gasteiger partial charge in [-0.15, -0.1) is 0 Å². The predicted molar refractivity (Wildman–Crippen MR) is 122 cm³/mol. The van der Waals surface area contributed by atoms with Crippen LogP contribution in [0, 0.1) is 5.82 Å². The fourth-order valence-corrected chi connectivity index (χ4v) is 4.76. The summed E-state index contributed by atoms with van der Waals surface area (Å²) in [5.74, 6) is -1.21. The molecule has 1 aromatic carbocycles. The normalized spacial score (nSPS) is 14.7. The van der Waals surface area contributed by atoms with Gasteiger partial charge in [-0.05, 0) is 41.7 Å². The maximum Gasteiger partial charge on any atom is 0.417 e. The van der Waals surface area contributed by atoms with Crippen molar-refractivity contribution in [3.8, 4) is 0 Å². The zero-order valence-electron chi connectivity index (χ0n) is 19.4. The summed E-state index contributed by atoms with van der Waals surface area (Å²) >= 11 is 0. The molecule has 0 saturated heterocycles. The maximum absolute atomic E-state index is 14.2. The molecule has 12 heteroatoms. The topological polar surface area (TPSA) is 112 Å². The second-order valence-corrected chi connectivity index (χ2v) is 11.3. The third kappa shape index (κ3) is 5.81. The number of hydrogen-bond acceptors (Lipinski definition) is 5. The molecule has 7 nitrogen and oxygen atoms in total. The summed E-state index contributed by atoms with van der Waals surface area (Å²) in [5, 5.41) is 13.4. The number of pyridine rings is 1. The lowest BCUT2D eigenvalue weighted by molar-refractivity contribution is -0.266.